The molecule has 0 spiro atoms. The molecule has 0 atom stereocenters. The zero-order chi connectivity index (χ0) is 13.0. The average Bonchev–Trinajstić information content (AvgIpc) is 2.76. The van der Waals surface area contributed by atoms with Crippen LogP contribution in [0.4, 0.5) is 0 Å². The van der Waals surface area contributed by atoms with Crippen molar-refractivity contribution in [3.8, 4) is 0 Å². The first kappa shape index (κ1) is 12.7. The van der Waals surface area contributed by atoms with Gasteiger partial charge in [-0.15, -0.1) is 0 Å². The van der Waals surface area contributed by atoms with E-state index in [1.54, 1.807) is 18.2 Å². The topological polar surface area (TPSA) is 67.5 Å². The van der Waals surface area contributed by atoms with E-state index in [4.69, 9.17) is 4.42 Å². The van der Waals surface area contributed by atoms with Gasteiger partial charge in [0.2, 0.25) is 0 Å². The Morgan fingerprint density at radius 3 is 2.89 bits per heavy atom. The molecule has 0 aromatic carbocycles. The molecule has 0 unspecified atom stereocenters. The van der Waals surface area contributed by atoms with Crippen LogP contribution in [-0.4, -0.2) is 17.1 Å². The van der Waals surface area contributed by atoms with Crippen molar-refractivity contribution >= 4 is 34.7 Å². The number of aryl methyl sites for hydroxylation is 1. The number of carbonyl (C=O) groups is 1. The van der Waals surface area contributed by atoms with Crippen LogP contribution in [-0.2, 0) is 0 Å². The van der Waals surface area contributed by atoms with Crippen LogP contribution in [0.1, 0.15) is 21.8 Å². The number of amides is 1. The maximum atomic E-state index is 11.7. The van der Waals surface area contributed by atoms with Gasteiger partial charge in [0.25, 0.3) is 5.91 Å². The summed E-state index contributed by atoms with van der Waals surface area (Å²) < 4.78 is 6.03. The van der Waals surface area contributed by atoms with Gasteiger partial charge in [-0.1, -0.05) is 0 Å². The number of aromatic nitrogens is 1. The van der Waals surface area contributed by atoms with Gasteiger partial charge in [-0.05, 0) is 53.8 Å². The van der Waals surface area contributed by atoms with Crippen LogP contribution in [0.2, 0.25) is 0 Å². The third-order valence-electron chi connectivity index (χ3n) is 2.13. The molecule has 2 rings (SSSR count). The number of carbonyl (C=O) groups excluding carboxylic acids is 1. The normalized spacial score (nSPS) is 10.8. The van der Waals surface area contributed by atoms with Gasteiger partial charge in [0.05, 0.1) is 11.8 Å². The minimum absolute atomic E-state index is 0.306. The second-order valence-corrected chi connectivity index (χ2v) is 4.59. The summed E-state index contributed by atoms with van der Waals surface area (Å²) in [5.41, 5.74) is 3.73. The molecule has 6 heteroatoms. The summed E-state index contributed by atoms with van der Waals surface area (Å²) in [6.07, 6.45) is 2.96. The molecule has 0 aliphatic carbocycles. The standard InChI is InChI=1S/C12H10IN3O2/c1-8-2-3-9(6-14-8)12(17)16-15-7-10-4-5-11(13)18-10/h2-7H,1H3,(H,16,17)/b15-7-. The Morgan fingerprint density at radius 1 is 1.44 bits per heavy atom. The van der Waals surface area contributed by atoms with Crippen molar-refractivity contribution in [3.63, 3.8) is 0 Å². The number of nitrogens with zero attached hydrogens (tertiary/aromatic N) is 2. The zero-order valence-electron chi connectivity index (χ0n) is 9.55. The Balaban J connectivity index is 1.96. The monoisotopic (exact) mass is 355 g/mol. The molecule has 0 saturated heterocycles. The van der Waals surface area contributed by atoms with Crippen molar-refractivity contribution < 1.29 is 9.21 Å². The Labute approximate surface area is 117 Å². The summed E-state index contributed by atoms with van der Waals surface area (Å²) in [7, 11) is 0. The molecular weight excluding hydrogens is 345 g/mol. The van der Waals surface area contributed by atoms with Gasteiger partial charge in [0.15, 0.2) is 3.77 Å². The van der Waals surface area contributed by atoms with Crippen LogP contribution < -0.4 is 5.43 Å². The number of pyridine rings is 1. The van der Waals surface area contributed by atoms with Gasteiger partial charge < -0.3 is 4.42 Å². The molecule has 92 valence electrons. The van der Waals surface area contributed by atoms with Crippen LogP contribution in [0.5, 0.6) is 0 Å². The fourth-order valence-corrected chi connectivity index (χ4v) is 1.65. The smallest absolute Gasteiger partial charge is 0.272 e. The third kappa shape index (κ3) is 3.39. The number of rotatable bonds is 3. The molecule has 0 aliphatic heterocycles. The number of hydrogen-bond donors (Lipinski definition) is 1. The highest BCUT2D eigenvalue weighted by molar-refractivity contribution is 14.1. The summed E-state index contributed by atoms with van der Waals surface area (Å²) >= 11 is 2.05. The Morgan fingerprint density at radius 2 is 2.28 bits per heavy atom. The molecule has 5 nitrogen and oxygen atoms in total. The number of nitrogens with one attached hydrogen (secondary N) is 1. The molecule has 0 saturated carbocycles. The first-order valence-corrected chi connectivity index (χ1v) is 6.24. The van der Waals surface area contributed by atoms with Crippen LogP contribution in [0, 0.1) is 10.7 Å². The van der Waals surface area contributed by atoms with Crippen molar-refractivity contribution in [2.45, 2.75) is 6.92 Å². The van der Waals surface area contributed by atoms with Gasteiger partial charge in [0, 0.05) is 11.9 Å². The van der Waals surface area contributed by atoms with E-state index in [1.165, 1.54) is 12.4 Å². The number of hydrazone groups is 1. The third-order valence-corrected chi connectivity index (χ3v) is 2.71. The summed E-state index contributed by atoms with van der Waals surface area (Å²) in [6, 6.07) is 7.05. The Kier molecular flexibility index (Phi) is 4.08. The molecule has 0 fully saturated rings. The summed E-state index contributed by atoms with van der Waals surface area (Å²) in [6.45, 7) is 1.86. The van der Waals surface area contributed by atoms with Crippen LogP contribution >= 0.6 is 22.6 Å². The summed E-state index contributed by atoms with van der Waals surface area (Å²) in [5, 5.41) is 3.80. The molecule has 0 aliphatic rings. The van der Waals surface area contributed by atoms with Gasteiger partial charge in [-0.25, -0.2) is 5.43 Å². The fraction of sp³-hybridized carbons (Fsp3) is 0.0833. The number of hydrogen-bond acceptors (Lipinski definition) is 4. The molecule has 2 aromatic rings. The van der Waals surface area contributed by atoms with E-state index < -0.39 is 0 Å². The lowest BCUT2D eigenvalue weighted by molar-refractivity contribution is 0.0955. The number of furan rings is 1. The highest BCUT2D eigenvalue weighted by Crippen LogP contribution is 2.07. The van der Waals surface area contributed by atoms with E-state index in [2.05, 4.69) is 38.1 Å². The summed E-state index contributed by atoms with van der Waals surface area (Å²) in [4.78, 5) is 15.7. The molecule has 0 radical (unpaired) electrons. The van der Waals surface area contributed by atoms with Gasteiger partial charge in [-0.3, -0.25) is 9.78 Å². The minimum atomic E-state index is -0.306. The SMILES string of the molecule is Cc1ccc(C(=O)N/N=C\c2ccc(I)o2)cn1. The van der Waals surface area contributed by atoms with E-state index >= 15 is 0 Å². The molecular formula is C12H10IN3O2. The molecule has 1 amide bonds. The lowest BCUT2D eigenvalue weighted by Crippen LogP contribution is -2.17. The van der Waals surface area contributed by atoms with E-state index in [9.17, 15) is 4.79 Å². The second kappa shape index (κ2) is 5.76. The molecule has 1 N–H and O–H groups in total. The van der Waals surface area contributed by atoms with Gasteiger partial charge >= 0.3 is 0 Å². The van der Waals surface area contributed by atoms with Crippen LogP contribution in [0.15, 0.2) is 40.0 Å². The fourth-order valence-electron chi connectivity index (χ4n) is 1.22. The second-order valence-electron chi connectivity index (χ2n) is 3.53. The first-order valence-electron chi connectivity index (χ1n) is 5.16. The van der Waals surface area contributed by atoms with Gasteiger partial charge in [-0.2, -0.15) is 5.10 Å². The maximum Gasteiger partial charge on any atom is 0.272 e. The van der Waals surface area contributed by atoms with E-state index in [0.717, 1.165) is 9.46 Å². The van der Waals surface area contributed by atoms with Crippen molar-refractivity contribution in [1.82, 2.24) is 10.4 Å². The Bertz CT molecular complexity index is 575. The quantitative estimate of drug-likeness (QED) is 0.522. The molecule has 0 bridgehead atoms. The van der Waals surface area contributed by atoms with Gasteiger partial charge in [0.1, 0.15) is 5.76 Å². The molecule has 2 aromatic heterocycles. The van der Waals surface area contributed by atoms with Crippen molar-refractivity contribution in [1.29, 1.82) is 0 Å². The van der Waals surface area contributed by atoms with E-state index in [1.807, 2.05) is 13.0 Å². The van der Waals surface area contributed by atoms with Crippen molar-refractivity contribution in [2.24, 2.45) is 5.10 Å². The zero-order valence-corrected chi connectivity index (χ0v) is 11.7. The molecule has 2 heterocycles. The highest BCUT2D eigenvalue weighted by Gasteiger charge is 2.03. The Hall–Kier alpha value is -1.70. The average molecular weight is 355 g/mol. The van der Waals surface area contributed by atoms with Crippen LogP contribution in [0.25, 0.3) is 0 Å². The largest absolute Gasteiger partial charge is 0.449 e. The first-order chi connectivity index (χ1) is 8.65. The molecule has 18 heavy (non-hydrogen) atoms. The van der Waals surface area contributed by atoms with E-state index in [-0.39, 0.29) is 5.91 Å². The van der Waals surface area contributed by atoms with Crippen LogP contribution in [0.3, 0.4) is 0 Å². The lowest BCUT2D eigenvalue weighted by atomic mass is 10.2. The van der Waals surface area contributed by atoms with E-state index in [0.29, 0.717) is 11.3 Å². The predicted molar refractivity (Wildman–Crippen MR) is 75.5 cm³/mol. The lowest BCUT2D eigenvalue weighted by Gasteiger charge is -1.98. The summed E-state index contributed by atoms with van der Waals surface area (Å²) in [5.74, 6) is 0.279. The minimum Gasteiger partial charge on any atom is -0.449 e. The maximum absolute atomic E-state index is 11.7. The van der Waals surface area contributed by atoms with Crippen molar-refractivity contribution in [3.05, 3.63) is 51.2 Å². The predicted octanol–water partition coefficient (Wildman–Crippen LogP) is 2.35. The van der Waals surface area contributed by atoms with Crippen molar-refractivity contribution in [2.75, 3.05) is 0 Å². The number of halogens is 1. The highest BCUT2D eigenvalue weighted by atomic mass is 127.